The zero-order valence-electron chi connectivity index (χ0n) is 10.9. The van der Waals surface area contributed by atoms with E-state index in [2.05, 4.69) is 20.4 Å². The Morgan fingerprint density at radius 2 is 2.10 bits per heavy atom. The van der Waals surface area contributed by atoms with Crippen molar-refractivity contribution in [2.24, 2.45) is 0 Å². The number of nitriles is 1. The van der Waals surface area contributed by atoms with Crippen LogP contribution in [0.25, 0.3) is 5.76 Å². The lowest BCUT2D eigenvalue weighted by atomic mass is 10.0. The lowest BCUT2D eigenvalue weighted by molar-refractivity contribution is -0.112. The number of anilines is 1. The van der Waals surface area contributed by atoms with Crippen molar-refractivity contribution in [1.82, 2.24) is 15.1 Å². The number of aliphatic hydroxyl groups excluding tert-OH is 1. The Bertz CT molecular complexity index is 745. The van der Waals surface area contributed by atoms with Crippen LogP contribution in [0.1, 0.15) is 11.3 Å². The van der Waals surface area contributed by atoms with Gasteiger partial charge in [-0.05, 0) is 6.92 Å². The summed E-state index contributed by atoms with van der Waals surface area (Å²) >= 11 is 0. The maximum atomic E-state index is 12.0. The lowest BCUT2D eigenvalue weighted by Crippen LogP contribution is -2.18. The molecule has 0 fully saturated rings. The number of amides is 1. The van der Waals surface area contributed by atoms with Crippen molar-refractivity contribution in [3.63, 3.8) is 0 Å². The molecule has 2 aromatic rings. The fraction of sp³-hybridized carbons (Fsp3) is 0.0833. The van der Waals surface area contributed by atoms with E-state index < -0.39 is 17.2 Å². The minimum absolute atomic E-state index is 0.0446. The number of aryl methyl sites for hydroxylation is 1. The van der Waals surface area contributed by atoms with E-state index in [0.717, 1.165) is 0 Å². The number of aromatic nitrogens is 3. The molecule has 102 valence electrons. The van der Waals surface area contributed by atoms with Crippen LogP contribution in [0.5, 0.6) is 0 Å². The maximum absolute atomic E-state index is 12.0. The highest BCUT2D eigenvalue weighted by Gasteiger charge is 2.20. The molecule has 0 saturated heterocycles. The molecule has 0 unspecified atom stereocenters. The van der Waals surface area contributed by atoms with Crippen molar-refractivity contribution in [1.29, 1.82) is 5.26 Å². The van der Waals surface area contributed by atoms with E-state index in [-0.39, 0.29) is 17.3 Å². The maximum Gasteiger partial charge on any atom is 0.272 e. The third-order valence-electron chi connectivity index (χ3n) is 2.48. The predicted octanol–water partition coefficient (Wildman–Crippen LogP) is -0.00180. The molecule has 2 aromatic heterocycles. The first-order valence-corrected chi connectivity index (χ1v) is 5.66. The molecule has 8 nitrogen and oxygen atoms in total. The fourth-order valence-corrected chi connectivity index (χ4v) is 1.44. The van der Waals surface area contributed by atoms with Crippen LogP contribution in [0.4, 0.5) is 5.95 Å². The third-order valence-corrected chi connectivity index (χ3v) is 2.48. The van der Waals surface area contributed by atoms with Gasteiger partial charge in [0, 0.05) is 12.4 Å². The van der Waals surface area contributed by atoms with Crippen molar-refractivity contribution in [2.45, 2.75) is 6.92 Å². The Balaban J connectivity index is 2.29. The summed E-state index contributed by atoms with van der Waals surface area (Å²) in [5.74, 6) is -1.17. The minimum atomic E-state index is -0.861. The van der Waals surface area contributed by atoms with Gasteiger partial charge in [0.15, 0.2) is 11.3 Å². The highest BCUT2D eigenvalue weighted by Crippen LogP contribution is 2.19. The fourth-order valence-electron chi connectivity index (χ4n) is 1.44. The molecule has 0 aliphatic heterocycles. The van der Waals surface area contributed by atoms with E-state index in [1.165, 1.54) is 25.5 Å². The Hall–Kier alpha value is -3.15. The molecule has 2 N–H and O–H groups in total. The topological polar surface area (TPSA) is 125 Å². The number of rotatable bonds is 3. The molecule has 0 aromatic carbocycles. The smallest absolute Gasteiger partial charge is 0.272 e. The molecule has 2 radical (unpaired) electrons. The number of hydrogen-bond acceptors (Lipinski definition) is 7. The van der Waals surface area contributed by atoms with Crippen molar-refractivity contribution in [3.8, 4) is 6.07 Å². The molecule has 0 spiro atoms. The summed E-state index contributed by atoms with van der Waals surface area (Å²) in [6.45, 7) is 1.54. The largest absolute Gasteiger partial charge is 0.506 e. The van der Waals surface area contributed by atoms with Crippen LogP contribution >= 0.6 is 0 Å². The van der Waals surface area contributed by atoms with Gasteiger partial charge in [0.05, 0.1) is 11.8 Å². The number of hydrogen-bond donors (Lipinski definition) is 2. The highest BCUT2D eigenvalue weighted by molar-refractivity contribution is 6.31. The van der Waals surface area contributed by atoms with E-state index in [9.17, 15) is 9.90 Å². The van der Waals surface area contributed by atoms with Gasteiger partial charge in [0.25, 0.3) is 5.91 Å². The summed E-state index contributed by atoms with van der Waals surface area (Å²) in [5.41, 5.74) is -0.0337. The standard InChI is InChI=1S/C12H8BN5O3/c1-6-9(5-17-21-6)10(19)8(2-14)11(20)18-12-15-3-7(13)4-16-12/h3-5,19H,1H3,(H,15,16,18,20)/b10-8-. The number of aliphatic hydroxyl groups is 1. The summed E-state index contributed by atoms with van der Waals surface area (Å²) in [7, 11) is 5.42. The molecule has 0 saturated carbocycles. The van der Waals surface area contributed by atoms with E-state index >= 15 is 0 Å². The normalized spacial score (nSPS) is 11.4. The van der Waals surface area contributed by atoms with Crippen molar-refractivity contribution in [3.05, 3.63) is 35.5 Å². The number of carbonyl (C=O) groups is 1. The van der Waals surface area contributed by atoms with Crippen molar-refractivity contribution >= 4 is 30.9 Å². The summed E-state index contributed by atoms with van der Waals surface area (Å²) in [6, 6.07) is 1.62. The average molecular weight is 281 g/mol. The second-order valence-electron chi connectivity index (χ2n) is 3.93. The molecule has 9 heteroatoms. The predicted molar refractivity (Wildman–Crippen MR) is 72.5 cm³/mol. The van der Waals surface area contributed by atoms with Crippen LogP contribution in [0.3, 0.4) is 0 Å². The molecule has 0 atom stereocenters. The van der Waals surface area contributed by atoms with Crippen LogP contribution in [0, 0.1) is 18.3 Å². The minimum Gasteiger partial charge on any atom is -0.506 e. The zero-order valence-corrected chi connectivity index (χ0v) is 10.9. The van der Waals surface area contributed by atoms with E-state index in [1.54, 1.807) is 6.07 Å². The van der Waals surface area contributed by atoms with Gasteiger partial charge in [-0.25, -0.2) is 9.97 Å². The first kappa shape index (κ1) is 14.3. The van der Waals surface area contributed by atoms with Gasteiger partial charge >= 0.3 is 0 Å². The molecule has 2 heterocycles. The molecule has 2 rings (SSSR count). The Morgan fingerprint density at radius 1 is 1.43 bits per heavy atom. The van der Waals surface area contributed by atoms with Gasteiger partial charge in [-0.2, -0.15) is 5.26 Å². The van der Waals surface area contributed by atoms with Gasteiger partial charge in [-0.3, -0.25) is 10.1 Å². The Kier molecular flexibility index (Phi) is 3.99. The van der Waals surface area contributed by atoms with Gasteiger partial charge in [0.1, 0.15) is 19.7 Å². The molecular formula is C12H8BN5O3. The summed E-state index contributed by atoms with van der Waals surface area (Å²) in [6.07, 6.45) is 3.79. The van der Waals surface area contributed by atoms with Crippen LogP contribution < -0.4 is 10.8 Å². The summed E-state index contributed by atoms with van der Waals surface area (Å²) < 4.78 is 4.77. The van der Waals surface area contributed by atoms with Gasteiger partial charge in [-0.1, -0.05) is 10.6 Å². The van der Waals surface area contributed by atoms with Gasteiger partial charge in [0.2, 0.25) is 5.95 Å². The number of nitrogens with zero attached hydrogens (tertiary/aromatic N) is 4. The second kappa shape index (κ2) is 5.87. The second-order valence-corrected chi connectivity index (χ2v) is 3.93. The van der Waals surface area contributed by atoms with Gasteiger partial charge in [-0.15, -0.1) is 0 Å². The third kappa shape index (κ3) is 3.06. The monoisotopic (exact) mass is 281 g/mol. The molecule has 0 aliphatic rings. The van der Waals surface area contributed by atoms with Crippen LogP contribution in [0.2, 0.25) is 0 Å². The highest BCUT2D eigenvalue weighted by atomic mass is 16.5. The lowest BCUT2D eigenvalue weighted by Gasteiger charge is -2.04. The zero-order chi connectivity index (χ0) is 15.4. The Labute approximate surface area is 120 Å². The SMILES string of the molecule is [B]c1cnc(NC(=O)/C(C#N)=C(\O)c2cnoc2C)nc1. The van der Waals surface area contributed by atoms with E-state index in [0.29, 0.717) is 5.46 Å². The average Bonchev–Trinajstić information content (AvgIpc) is 2.88. The number of nitrogens with one attached hydrogen (secondary N) is 1. The van der Waals surface area contributed by atoms with E-state index in [1.807, 2.05) is 0 Å². The molecule has 21 heavy (non-hydrogen) atoms. The molecular weight excluding hydrogens is 273 g/mol. The van der Waals surface area contributed by atoms with Crippen LogP contribution in [-0.2, 0) is 4.79 Å². The number of carbonyl (C=O) groups excluding carboxylic acids is 1. The van der Waals surface area contributed by atoms with E-state index in [4.69, 9.17) is 17.6 Å². The summed E-state index contributed by atoms with van der Waals surface area (Å²) in [5, 5.41) is 24.8. The molecule has 1 amide bonds. The first-order chi connectivity index (χ1) is 10.0. The van der Waals surface area contributed by atoms with Crippen molar-refractivity contribution < 1.29 is 14.4 Å². The van der Waals surface area contributed by atoms with Crippen molar-refractivity contribution in [2.75, 3.05) is 5.32 Å². The van der Waals surface area contributed by atoms with Crippen LogP contribution in [0.15, 0.2) is 28.7 Å². The molecule has 0 bridgehead atoms. The molecule has 0 aliphatic carbocycles. The van der Waals surface area contributed by atoms with Gasteiger partial charge < -0.3 is 9.63 Å². The first-order valence-electron chi connectivity index (χ1n) is 5.66. The summed E-state index contributed by atoms with van der Waals surface area (Å²) in [4.78, 5) is 19.5. The van der Waals surface area contributed by atoms with Crippen LogP contribution in [-0.4, -0.2) is 34.0 Å². The quantitative estimate of drug-likeness (QED) is 0.351. The Morgan fingerprint density at radius 3 is 2.62 bits per heavy atom.